The van der Waals surface area contributed by atoms with Crippen LogP contribution < -0.4 is 0 Å². The molecule has 1 unspecified atom stereocenters. The molecule has 0 aliphatic carbocycles. The van der Waals surface area contributed by atoms with Gasteiger partial charge < -0.3 is 0 Å². The molecular formula is C9H7BrCl4. The molecule has 14 heavy (non-hydrogen) atoms. The van der Waals surface area contributed by atoms with Gasteiger partial charge in [-0.2, -0.15) is 0 Å². The maximum atomic E-state index is 6.07. The Hall–Kier alpha value is 0.860. The highest BCUT2D eigenvalue weighted by Gasteiger charge is 2.25. The Kier molecular flexibility index (Phi) is 4.86. The van der Waals surface area contributed by atoms with Crippen LogP contribution in [0.25, 0.3) is 0 Å². The fourth-order valence-corrected chi connectivity index (χ4v) is 2.33. The third-order valence-electron chi connectivity index (χ3n) is 1.64. The second-order valence-corrected chi connectivity index (χ2v) is 6.80. The Labute approximate surface area is 112 Å². The zero-order valence-electron chi connectivity index (χ0n) is 6.98. The van der Waals surface area contributed by atoms with Gasteiger partial charge in [0.2, 0.25) is 0 Å². The molecule has 0 spiro atoms. The number of halogens is 5. The van der Waals surface area contributed by atoms with Gasteiger partial charge in [0.1, 0.15) is 0 Å². The van der Waals surface area contributed by atoms with Gasteiger partial charge in [0, 0.05) is 10.9 Å². The summed E-state index contributed by atoms with van der Waals surface area (Å²) in [5.74, 6) is 0. The summed E-state index contributed by atoms with van der Waals surface area (Å²) in [4.78, 5) is 0. The Bertz CT molecular complexity index is 291. The number of benzene rings is 1. The van der Waals surface area contributed by atoms with E-state index in [0.717, 1.165) is 10.0 Å². The van der Waals surface area contributed by atoms with Gasteiger partial charge in [-0.15, -0.1) is 11.6 Å². The van der Waals surface area contributed by atoms with Crippen molar-refractivity contribution in [3.63, 3.8) is 0 Å². The first kappa shape index (κ1) is 12.9. The quantitative estimate of drug-likeness (QED) is 0.626. The van der Waals surface area contributed by atoms with Gasteiger partial charge in [0.15, 0.2) is 3.79 Å². The van der Waals surface area contributed by atoms with Gasteiger partial charge in [-0.1, -0.05) is 62.9 Å². The highest BCUT2D eigenvalue weighted by atomic mass is 79.9. The third kappa shape index (κ3) is 4.59. The van der Waals surface area contributed by atoms with Crippen LogP contribution in [-0.2, 0) is 0 Å². The van der Waals surface area contributed by atoms with Crippen molar-refractivity contribution >= 4 is 62.3 Å². The van der Waals surface area contributed by atoms with Crippen LogP contribution in [0.15, 0.2) is 28.7 Å². The second kappa shape index (κ2) is 5.27. The second-order valence-electron chi connectivity index (χ2n) is 2.84. The molecule has 1 atom stereocenters. The molecule has 0 nitrogen and oxygen atoms in total. The Morgan fingerprint density at radius 2 is 1.64 bits per heavy atom. The normalized spacial score (nSPS) is 14.1. The molecule has 1 rings (SSSR count). The van der Waals surface area contributed by atoms with Crippen molar-refractivity contribution in [2.75, 3.05) is 0 Å². The fraction of sp³-hybridized carbons (Fsp3) is 0.333. The number of hydrogen-bond acceptors (Lipinski definition) is 0. The highest BCUT2D eigenvalue weighted by Crippen LogP contribution is 2.39. The predicted molar refractivity (Wildman–Crippen MR) is 67.6 cm³/mol. The average molecular weight is 337 g/mol. The van der Waals surface area contributed by atoms with Crippen LogP contribution in [0.3, 0.4) is 0 Å². The summed E-state index contributed by atoms with van der Waals surface area (Å²) >= 11 is 26.3. The van der Waals surface area contributed by atoms with E-state index < -0.39 is 3.79 Å². The topological polar surface area (TPSA) is 0 Å². The molecule has 0 saturated carbocycles. The van der Waals surface area contributed by atoms with E-state index in [-0.39, 0.29) is 5.38 Å². The summed E-state index contributed by atoms with van der Waals surface area (Å²) in [5.41, 5.74) is 0.946. The Morgan fingerprint density at radius 3 is 2.07 bits per heavy atom. The van der Waals surface area contributed by atoms with Crippen molar-refractivity contribution in [3.8, 4) is 0 Å². The largest absolute Gasteiger partial charge is 0.192 e. The minimum Gasteiger partial charge on any atom is -0.118 e. The van der Waals surface area contributed by atoms with E-state index in [2.05, 4.69) is 15.9 Å². The molecule has 0 amide bonds. The molecule has 0 radical (unpaired) electrons. The van der Waals surface area contributed by atoms with E-state index in [9.17, 15) is 0 Å². The highest BCUT2D eigenvalue weighted by molar-refractivity contribution is 9.10. The lowest BCUT2D eigenvalue weighted by atomic mass is 10.1. The molecule has 1 aromatic carbocycles. The van der Waals surface area contributed by atoms with Crippen LogP contribution in [0.1, 0.15) is 17.4 Å². The maximum absolute atomic E-state index is 6.07. The van der Waals surface area contributed by atoms with E-state index in [1.165, 1.54) is 0 Å². The summed E-state index contributed by atoms with van der Waals surface area (Å²) in [6.45, 7) is 0. The van der Waals surface area contributed by atoms with Crippen LogP contribution >= 0.6 is 62.3 Å². The first-order valence-electron chi connectivity index (χ1n) is 3.85. The standard InChI is InChI=1S/C9H7BrCl4/c10-7-3-1-6(2-4-7)8(11)5-9(12,13)14/h1-4,8H,5H2. The maximum Gasteiger partial charge on any atom is 0.192 e. The fourth-order valence-electron chi connectivity index (χ4n) is 0.993. The predicted octanol–water partition coefficient (Wildman–Crippen LogP) is 5.49. The lowest BCUT2D eigenvalue weighted by Gasteiger charge is -2.15. The molecular weight excluding hydrogens is 330 g/mol. The monoisotopic (exact) mass is 334 g/mol. The van der Waals surface area contributed by atoms with Crippen molar-refractivity contribution in [1.82, 2.24) is 0 Å². The molecule has 0 N–H and O–H groups in total. The number of alkyl halides is 4. The van der Waals surface area contributed by atoms with E-state index in [0.29, 0.717) is 6.42 Å². The smallest absolute Gasteiger partial charge is 0.118 e. The molecule has 0 aromatic heterocycles. The van der Waals surface area contributed by atoms with Gasteiger partial charge in [0.25, 0.3) is 0 Å². The van der Waals surface area contributed by atoms with Crippen molar-refractivity contribution in [3.05, 3.63) is 34.3 Å². The van der Waals surface area contributed by atoms with E-state index in [4.69, 9.17) is 46.4 Å². The number of rotatable bonds is 2. The van der Waals surface area contributed by atoms with Crippen molar-refractivity contribution in [2.45, 2.75) is 15.6 Å². The molecule has 0 bridgehead atoms. The van der Waals surface area contributed by atoms with Crippen LogP contribution in [0, 0.1) is 0 Å². The molecule has 5 heteroatoms. The van der Waals surface area contributed by atoms with Crippen LogP contribution in [0.2, 0.25) is 0 Å². The SMILES string of the molecule is ClC(CC(Cl)(Cl)Cl)c1ccc(Br)cc1. The van der Waals surface area contributed by atoms with Gasteiger partial charge in [-0.05, 0) is 17.7 Å². The lowest BCUT2D eigenvalue weighted by molar-refractivity contribution is 0.820. The summed E-state index contributed by atoms with van der Waals surface area (Å²) in [6, 6.07) is 7.61. The van der Waals surface area contributed by atoms with Gasteiger partial charge in [-0.3, -0.25) is 0 Å². The van der Waals surface area contributed by atoms with E-state index in [1.807, 2.05) is 24.3 Å². The minimum atomic E-state index is -1.31. The van der Waals surface area contributed by atoms with Crippen LogP contribution in [-0.4, -0.2) is 3.79 Å². The minimum absolute atomic E-state index is 0.282. The zero-order chi connectivity index (χ0) is 10.8. The summed E-state index contributed by atoms with van der Waals surface area (Å²) < 4.78 is -0.307. The summed E-state index contributed by atoms with van der Waals surface area (Å²) in [7, 11) is 0. The van der Waals surface area contributed by atoms with E-state index >= 15 is 0 Å². The van der Waals surface area contributed by atoms with Crippen molar-refractivity contribution in [2.24, 2.45) is 0 Å². The van der Waals surface area contributed by atoms with E-state index in [1.54, 1.807) is 0 Å². The summed E-state index contributed by atoms with van der Waals surface area (Å²) in [6.07, 6.45) is 0.293. The number of hydrogen-bond donors (Lipinski definition) is 0. The Morgan fingerprint density at radius 1 is 1.14 bits per heavy atom. The molecule has 0 aliphatic heterocycles. The van der Waals surface area contributed by atoms with Crippen LogP contribution in [0.5, 0.6) is 0 Å². The van der Waals surface area contributed by atoms with Crippen molar-refractivity contribution in [1.29, 1.82) is 0 Å². The molecule has 0 saturated heterocycles. The van der Waals surface area contributed by atoms with Crippen molar-refractivity contribution < 1.29 is 0 Å². The van der Waals surface area contributed by atoms with Crippen LogP contribution in [0.4, 0.5) is 0 Å². The summed E-state index contributed by atoms with van der Waals surface area (Å²) in [5, 5.41) is -0.282. The first-order chi connectivity index (χ1) is 6.38. The zero-order valence-corrected chi connectivity index (χ0v) is 11.6. The van der Waals surface area contributed by atoms with Gasteiger partial charge in [0.05, 0.1) is 5.38 Å². The molecule has 78 valence electrons. The first-order valence-corrected chi connectivity index (χ1v) is 6.21. The third-order valence-corrected chi connectivity index (χ3v) is 3.04. The van der Waals surface area contributed by atoms with Gasteiger partial charge >= 0.3 is 0 Å². The molecule has 0 aliphatic rings. The Balaban J connectivity index is 2.70. The molecule has 0 heterocycles. The lowest BCUT2D eigenvalue weighted by Crippen LogP contribution is -2.06. The average Bonchev–Trinajstić information content (AvgIpc) is 2.02. The molecule has 0 fully saturated rings. The molecule has 1 aromatic rings. The van der Waals surface area contributed by atoms with Gasteiger partial charge in [-0.25, -0.2) is 0 Å².